The van der Waals surface area contributed by atoms with Gasteiger partial charge in [0.1, 0.15) is 11.3 Å². The molecule has 0 aromatic carbocycles. The summed E-state index contributed by atoms with van der Waals surface area (Å²) in [7, 11) is 0. The van der Waals surface area contributed by atoms with Gasteiger partial charge in [0.05, 0.1) is 11.9 Å². The third kappa shape index (κ3) is 3.81. The minimum atomic E-state index is -0.173. The van der Waals surface area contributed by atoms with Crippen molar-refractivity contribution >= 4 is 23.4 Å². The van der Waals surface area contributed by atoms with Crippen LogP contribution in [0, 0.1) is 0 Å². The number of hydrogen-bond acceptors (Lipinski definition) is 5. The van der Waals surface area contributed by atoms with Gasteiger partial charge in [0.15, 0.2) is 0 Å². The van der Waals surface area contributed by atoms with Gasteiger partial charge in [0, 0.05) is 52.1 Å². The molecular weight excluding hydrogens is 304 g/mol. The van der Waals surface area contributed by atoms with Crippen LogP contribution in [0.2, 0.25) is 5.15 Å². The molecule has 120 valence electrons. The van der Waals surface area contributed by atoms with Crippen molar-refractivity contribution in [3.63, 3.8) is 0 Å². The Morgan fingerprint density at radius 1 is 1.23 bits per heavy atom. The Labute approximate surface area is 135 Å². The molecule has 22 heavy (non-hydrogen) atoms. The number of carbonyl (C=O) groups is 1. The maximum atomic E-state index is 12.1. The molecule has 2 fully saturated rings. The molecule has 6 nitrogen and oxygen atoms in total. The largest absolute Gasteiger partial charge is 0.446 e. The van der Waals surface area contributed by atoms with Crippen LogP contribution in [0.4, 0.5) is 10.5 Å². The number of nitrogens with zero attached hydrogens (tertiary/aromatic N) is 3. The molecule has 0 spiro atoms. The highest BCUT2D eigenvalue weighted by Gasteiger charge is 2.25. The lowest BCUT2D eigenvalue weighted by atomic mass is 10.1. The molecule has 1 aromatic heterocycles. The Morgan fingerprint density at radius 2 is 1.95 bits per heavy atom. The van der Waals surface area contributed by atoms with Crippen LogP contribution in [-0.4, -0.2) is 61.3 Å². The molecule has 3 heterocycles. The van der Waals surface area contributed by atoms with Gasteiger partial charge in [-0.1, -0.05) is 11.6 Å². The Morgan fingerprint density at radius 3 is 2.59 bits per heavy atom. The van der Waals surface area contributed by atoms with E-state index in [2.05, 4.69) is 15.2 Å². The molecule has 0 atom stereocenters. The predicted molar refractivity (Wildman–Crippen MR) is 85.4 cm³/mol. The van der Waals surface area contributed by atoms with Crippen LogP contribution < -0.4 is 10.2 Å². The Hall–Kier alpha value is -1.53. The van der Waals surface area contributed by atoms with Crippen molar-refractivity contribution in [1.82, 2.24) is 15.2 Å². The SMILES string of the molecule is O=C(OC1CCN(c2ccc(Cl)nc2)CC1)N1CCNCC1. The summed E-state index contributed by atoms with van der Waals surface area (Å²) in [5, 5.41) is 3.73. The highest BCUT2D eigenvalue weighted by Crippen LogP contribution is 2.22. The highest BCUT2D eigenvalue weighted by molar-refractivity contribution is 6.29. The standard InChI is InChI=1S/C15H21ClN4O2/c16-14-2-1-12(11-18-14)19-7-3-13(4-8-19)22-15(21)20-9-5-17-6-10-20/h1-2,11,13,17H,3-10H2. The van der Waals surface area contributed by atoms with Gasteiger partial charge in [0.2, 0.25) is 0 Å². The van der Waals surface area contributed by atoms with Gasteiger partial charge in [-0.15, -0.1) is 0 Å². The number of halogens is 1. The van der Waals surface area contributed by atoms with Gasteiger partial charge < -0.3 is 19.9 Å². The van der Waals surface area contributed by atoms with E-state index in [1.807, 2.05) is 6.07 Å². The van der Waals surface area contributed by atoms with Crippen molar-refractivity contribution in [3.8, 4) is 0 Å². The van der Waals surface area contributed by atoms with Crippen LogP contribution in [0.15, 0.2) is 18.3 Å². The van der Waals surface area contributed by atoms with Crippen molar-refractivity contribution < 1.29 is 9.53 Å². The monoisotopic (exact) mass is 324 g/mol. The molecule has 0 bridgehead atoms. The quantitative estimate of drug-likeness (QED) is 0.840. The van der Waals surface area contributed by atoms with E-state index >= 15 is 0 Å². The van der Waals surface area contributed by atoms with Crippen molar-refractivity contribution in [2.75, 3.05) is 44.2 Å². The second kappa shape index (κ2) is 7.15. The summed E-state index contributed by atoms with van der Waals surface area (Å²) in [4.78, 5) is 20.2. The van der Waals surface area contributed by atoms with Gasteiger partial charge in [-0.25, -0.2) is 9.78 Å². The summed E-state index contributed by atoms with van der Waals surface area (Å²) in [5.74, 6) is 0. The summed E-state index contributed by atoms with van der Waals surface area (Å²) < 4.78 is 5.63. The van der Waals surface area contributed by atoms with E-state index in [-0.39, 0.29) is 12.2 Å². The lowest BCUT2D eigenvalue weighted by molar-refractivity contribution is 0.0491. The molecule has 2 saturated heterocycles. The van der Waals surface area contributed by atoms with Crippen LogP contribution in [0.3, 0.4) is 0 Å². The topological polar surface area (TPSA) is 57.7 Å². The van der Waals surface area contributed by atoms with Crippen molar-refractivity contribution in [2.45, 2.75) is 18.9 Å². The van der Waals surface area contributed by atoms with Gasteiger partial charge in [-0.2, -0.15) is 0 Å². The minimum Gasteiger partial charge on any atom is -0.446 e. The summed E-state index contributed by atoms with van der Waals surface area (Å²) >= 11 is 5.81. The lowest BCUT2D eigenvalue weighted by Gasteiger charge is -2.34. The maximum absolute atomic E-state index is 12.1. The predicted octanol–water partition coefficient (Wildman–Crippen LogP) is 1.75. The number of hydrogen-bond donors (Lipinski definition) is 1. The maximum Gasteiger partial charge on any atom is 0.410 e. The molecule has 0 radical (unpaired) electrons. The number of ether oxygens (including phenoxy) is 1. The van der Waals surface area contributed by atoms with Gasteiger partial charge >= 0.3 is 6.09 Å². The molecule has 0 unspecified atom stereocenters. The zero-order valence-electron chi connectivity index (χ0n) is 12.5. The van der Waals surface area contributed by atoms with E-state index in [0.29, 0.717) is 5.15 Å². The molecule has 0 aliphatic carbocycles. The number of nitrogens with one attached hydrogen (secondary N) is 1. The first-order chi connectivity index (χ1) is 10.7. The molecule has 2 aliphatic rings. The number of piperidine rings is 1. The van der Waals surface area contributed by atoms with Crippen LogP contribution in [0.5, 0.6) is 0 Å². The van der Waals surface area contributed by atoms with Crippen LogP contribution in [0.25, 0.3) is 0 Å². The third-order valence-electron chi connectivity index (χ3n) is 4.16. The van der Waals surface area contributed by atoms with Crippen LogP contribution in [-0.2, 0) is 4.74 Å². The van der Waals surface area contributed by atoms with E-state index in [4.69, 9.17) is 16.3 Å². The summed E-state index contributed by atoms with van der Waals surface area (Å²) in [6.45, 7) is 4.88. The molecule has 1 N–H and O–H groups in total. The van der Waals surface area contributed by atoms with Crippen LogP contribution >= 0.6 is 11.6 Å². The first-order valence-corrected chi connectivity index (χ1v) is 8.13. The van der Waals surface area contributed by atoms with E-state index in [1.54, 1.807) is 17.2 Å². The van der Waals surface area contributed by atoms with E-state index in [9.17, 15) is 4.79 Å². The highest BCUT2D eigenvalue weighted by atomic mass is 35.5. The molecular formula is C15H21ClN4O2. The number of rotatable bonds is 2. The van der Waals surface area contributed by atoms with Crippen molar-refractivity contribution in [3.05, 3.63) is 23.5 Å². The number of anilines is 1. The fourth-order valence-electron chi connectivity index (χ4n) is 2.85. The summed E-state index contributed by atoms with van der Waals surface area (Å²) in [6, 6.07) is 3.77. The van der Waals surface area contributed by atoms with Gasteiger partial charge in [-0.05, 0) is 12.1 Å². The van der Waals surface area contributed by atoms with E-state index in [0.717, 1.165) is 57.8 Å². The second-order valence-corrected chi connectivity index (χ2v) is 6.03. The lowest BCUT2D eigenvalue weighted by Crippen LogP contribution is -2.48. The molecule has 7 heteroatoms. The third-order valence-corrected chi connectivity index (χ3v) is 4.39. The normalized spacial score (nSPS) is 20.0. The van der Waals surface area contributed by atoms with Gasteiger partial charge in [-0.3, -0.25) is 0 Å². The number of pyridine rings is 1. The summed E-state index contributed by atoms with van der Waals surface area (Å²) in [5.41, 5.74) is 1.07. The molecule has 1 aromatic rings. The molecule has 3 rings (SSSR count). The zero-order valence-corrected chi connectivity index (χ0v) is 13.3. The van der Waals surface area contributed by atoms with Gasteiger partial charge in [0.25, 0.3) is 0 Å². The second-order valence-electron chi connectivity index (χ2n) is 5.65. The number of carbonyl (C=O) groups excluding carboxylic acids is 1. The number of aromatic nitrogens is 1. The minimum absolute atomic E-state index is 0.0129. The first kappa shape index (κ1) is 15.4. The Kier molecular flexibility index (Phi) is 5.00. The fraction of sp³-hybridized carbons (Fsp3) is 0.600. The molecule has 0 saturated carbocycles. The summed E-state index contributed by atoms with van der Waals surface area (Å²) in [6.07, 6.45) is 3.32. The van der Waals surface area contributed by atoms with E-state index in [1.165, 1.54) is 0 Å². The average molecular weight is 325 g/mol. The van der Waals surface area contributed by atoms with E-state index < -0.39 is 0 Å². The molecule has 2 aliphatic heterocycles. The van der Waals surface area contributed by atoms with Crippen molar-refractivity contribution in [1.29, 1.82) is 0 Å². The Bertz CT molecular complexity index is 497. The number of piperazine rings is 1. The first-order valence-electron chi connectivity index (χ1n) is 7.75. The number of amides is 1. The zero-order chi connectivity index (χ0) is 15.4. The van der Waals surface area contributed by atoms with Crippen molar-refractivity contribution in [2.24, 2.45) is 0 Å². The Balaban J connectivity index is 1.47. The fourth-order valence-corrected chi connectivity index (χ4v) is 2.96. The average Bonchev–Trinajstić information content (AvgIpc) is 2.57. The van der Waals surface area contributed by atoms with Crippen LogP contribution in [0.1, 0.15) is 12.8 Å². The smallest absolute Gasteiger partial charge is 0.410 e. The molecule has 1 amide bonds.